The Hall–Kier alpha value is -3.86. The van der Waals surface area contributed by atoms with Crippen molar-refractivity contribution in [1.29, 1.82) is 0 Å². The van der Waals surface area contributed by atoms with Gasteiger partial charge in [0.1, 0.15) is 22.8 Å². The van der Waals surface area contributed by atoms with Crippen LogP contribution in [0.4, 0.5) is 0 Å². The van der Waals surface area contributed by atoms with E-state index >= 15 is 0 Å². The van der Waals surface area contributed by atoms with Gasteiger partial charge in [-0.05, 0) is 31.2 Å². The van der Waals surface area contributed by atoms with E-state index in [1.165, 1.54) is 0 Å². The molecule has 0 radical (unpaired) electrons. The minimum Gasteiger partial charge on any atom is -0.457 e. The summed E-state index contributed by atoms with van der Waals surface area (Å²) in [5.41, 5.74) is 5.74. The molecule has 0 fully saturated rings. The third-order valence-corrected chi connectivity index (χ3v) is 5.06. The molecule has 5 nitrogen and oxygen atoms in total. The second-order valence-corrected chi connectivity index (χ2v) is 6.93. The van der Waals surface area contributed by atoms with Crippen LogP contribution in [0.1, 0.15) is 29.7 Å². The molecule has 1 amide bonds. The maximum atomic E-state index is 13.1. The quantitative estimate of drug-likeness (QED) is 0.391. The highest BCUT2D eigenvalue weighted by molar-refractivity contribution is 6.00. The van der Waals surface area contributed by atoms with E-state index in [0.29, 0.717) is 23.0 Å². The Morgan fingerprint density at radius 1 is 0.897 bits per heavy atom. The van der Waals surface area contributed by atoms with Gasteiger partial charge in [-0.1, -0.05) is 54.6 Å². The number of carbonyl (C=O) groups is 1. The first-order valence-electron chi connectivity index (χ1n) is 9.39. The molecule has 0 saturated carbocycles. The largest absolute Gasteiger partial charge is 0.457 e. The van der Waals surface area contributed by atoms with Gasteiger partial charge in [-0.25, -0.2) is 5.43 Å². The van der Waals surface area contributed by atoms with Crippen molar-refractivity contribution in [2.75, 3.05) is 0 Å². The number of furan rings is 1. The molecule has 4 aromatic rings. The molecule has 1 aliphatic rings. The average Bonchev–Trinajstić information content (AvgIpc) is 3.20. The van der Waals surface area contributed by atoms with Gasteiger partial charge in [0.25, 0.3) is 5.91 Å². The van der Waals surface area contributed by atoms with Gasteiger partial charge in [0.2, 0.25) is 0 Å². The molecule has 29 heavy (non-hydrogen) atoms. The van der Waals surface area contributed by atoms with Crippen LogP contribution in [-0.4, -0.2) is 11.6 Å². The molecule has 5 heteroatoms. The molecule has 0 saturated heterocycles. The monoisotopic (exact) mass is 382 g/mol. The van der Waals surface area contributed by atoms with Gasteiger partial charge < -0.3 is 9.15 Å². The number of carbonyl (C=O) groups excluding carboxylic acids is 1. The third kappa shape index (κ3) is 3.06. The van der Waals surface area contributed by atoms with Gasteiger partial charge in [-0.3, -0.25) is 4.79 Å². The number of hydrogen-bond donors (Lipinski definition) is 1. The van der Waals surface area contributed by atoms with E-state index in [2.05, 4.69) is 10.5 Å². The van der Waals surface area contributed by atoms with Crippen LogP contribution < -0.4 is 10.2 Å². The van der Waals surface area contributed by atoms with Crippen molar-refractivity contribution in [3.8, 4) is 11.5 Å². The van der Waals surface area contributed by atoms with E-state index in [9.17, 15) is 4.79 Å². The Morgan fingerprint density at radius 2 is 1.52 bits per heavy atom. The third-order valence-electron chi connectivity index (χ3n) is 5.06. The molecule has 5 rings (SSSR count). The Morgan fingerprint density at radius 3 is 2.21 bits per heavy atom. The highest BCUT2D eigenvalue weighted by atomic mass is 16.5. The van der Waals surface area contributed by atoms with Crippen molar-refractivity contribution >= 4 is 22.6 Å². The molecule has 1 aliphatic heterocycles. The number of nitrogens with zero attached hydrogens (tertiary/aromatic N) is 1. The average molecular weight is 382 g/mol. The molecular weight excluding hydrogens is 364 g/mol. The van der Waals surface area contributed by atoms with Gasteiger partial charge >= 0.3 is 0 Å². The zero-order valence-corrected chi connectivity index (χ0v) is 15.8. The summed E-state index contributed by atoms with van der Waals surface area (Å²) in [6.07, 6.45) is 0. The summed E-state index contributed by atoms with van der Waals surface area (Å²) < 4.78 is 11.8. The Kier molecular flexibility index (Phi) is 4.13. The number of para-hydroxylation sites is 3. The summed E-state index contributed by atoms with van der Waals surface area (Å²) in [4.78, 5) is 13.1. The maximum absolute atomic E-state index is 13.1. The predicted octanol–water partition coefficient (Wildman–Crippen LogP) is 5.21. The number of hydrazone groups is 1. The first-order chi connectivity index (χ1) is 14.2. The summed E-state index contributed by atoms with van der Waals surface area (Å²) in [5.74, 6) is 1.28. The second-order valence-electron chi connectivity index (χ2n) is 6.93. The van der Waals surface area contributed by atoms with Crippen LogP contribution in [-0.2, 0) is 4.79 Å². The zero-order chi connectivity index (χ0) is 19.8. The minimum atomic E-state index is -0.497. The second kappa shape index (κ2) is 6.95. The molecule has 1 aromatic heterocycles. The molecule has 1 N–H and O–H groups in total. The molecular formula is C24H18N2O3. The molecule has 3 aromatic carbocycles. The first kappa shape index (κ1) is 17.3. The van der Waals surface area contributed by atoms with Gasteiger partial charge in [0, 0.05) is 16.5 Å². The Labute approximate surface area is 167 Å². The molecule has 0 spiro atoms. The Bertz CT molecular complexity index is 1180. The fourth-order valence-corrected chi connectivity index (χ4v) is 3.61. The van der Waals surface area contributed by atoms with E-state index in [1.807, 2.05) is 85.8 Å². The highest BCUT2D eigenvalue weighted by Crippen LogP contribution is 2.43. The number of amides is 1. The van der Waals surface area contributed by atoms with E-state index in [1.54, 1.807) is 0 Å². The SMILES string of the molecule is C/C(=N\NC(=O)C1c2ccccc2Oc2ccccc21)c1cc2ccccc2o1. The van der Waals surface area contributed by atoms with Crippen LogP contribution in [0.5, 0.6) is 11.5 Å². The number of benzene rings is 3. The minimum absolute atomic E-state index is 0.219. The van der Waals surface area contributed by atoms with Gasteiger partial charge in [-0.15, -0.1) is 0 Å². The molecule has 2 heterocycles. The van der Waals surface area contributed by atoms with Crippen LogP contribution in [0.3, 0.4) is 0 Å². The zero-order valence-electron chi connectivity index (χ0n) is 15.8. The lowest BCUT2D eigenvalue weighted by Gasteiger charge is -2.26. The molecule has 0 bridgehead atoms. The summed E-state index contributed by atoms with van der Waals surface area (Å²) in [6, 6.07) is 24.8. The highest BCUT2D eigenvalue weighted by Gasteiger charge is 2.32. The van der Waals surface area contributed by atoms with Crippen LogP contribution in [0.15, 0.2) is 88.4 Å². The Balaban J connectivity index is 1.46. The molecule has 0 unspecified atom stereocenters. The lowest BCUT2D eigenvalue weighted by Crippen LogP contribution is -2.29. The standard InChI is InChI=1S/C24H18N2O3/c1-15(22-14-16-8-2-5-11-19(16)28-22)25-26-24(27)23-17-9-3-6-12-20(17)29-21-13-7-4-10-18(21)23/h2-14,23H,1H3,(H,26,27)/b25-15+. The number of rotatable bonds is 3. The summed E-state index contributed by atoms with van der Waals surface area (Å²) in [7, 11) is 0. The molecule has 142 valence electrons. The van der Waals surface area contributed by atoms with Crippen LogP contribution in [0.2, 0.25) is 0 Å². The van der Waals surface area contributed by atoms with Crippen molar-refractivity contribution in [2.45, 2.75) is 12.8 Å². The fraction of sp³-hybridized carbons (Fsp3) is 0.0833. The van der Waals surface area contributed by atoms with Gasteiger partial charge in [-0.2, -0.15) is 5.10 Å². The molecule has 0 atom stereocenters. The van der Waals surface area contributed by atoms with Crippen LogP contribution in [0, 0.1) is 0 Å². The van der Waals surface area contributed by atoms with E-state index in [0.717, 1.165) is 22.1 Å². The maximum Gasteiger partial charge on any atom is 0.252 e. The van der Waals surface area contributed by atoms with Gasteiger partial charge in [0.05, 0.1) is 5.92 Å². The topological polar surface area (TPSA) is 63.8 Å². The fourth-order valence-electron chi connectivity index (χ4n) is 3.61. The summed E-state index contributed by atoms with van der Waals surface area (Å²) >= 11 is 0. The lowest BCUT2D eigenvalue weighted by molar-refractivity contribution is -0.121. The predicted molar refractivity (Wildman–Crippen MR) is 111 cm³/mol. The van der Waals surface area contributed by atoms with Crippen molar-refractivity contribution in [2.24, 2.45) is 5.10 Å². The van der Waals surface area contributed by atoms with E-state index in [-0.39, 0.29) is 5.91 Å². The van der Waals surface area contributed by atoms with Crippen molar-refractivity contribution < 1.29 is 13.9 Å². The van der Waals surface area contributed by atoms with Crippen LogP contribution in [0.25, 0.3) is 11.0 Å². The lowest BCUT2D eigenvalue weighted by atomic mass is 9.87. The van der Waals surface area contributed by atoms with E-state index in [4.69, 9.17) is 9.15 Å². The number of ether oxygens (including phenoxy) is 1. The number of nitrogens with one attached hydrogen (secondary N) is 1. The summed E-state index contributed by atoms with van der Waals surface area (Å²) in [5, 5.41) is 5.29. The van der Waals surface area contributed by atoms with Gasteiger partial charge in [0.15, 0.2) is 5.76 Å². The van der Waals surface area contributed by atoms with Crippen molar-refractivity contribution in [3.05, 3.63) is 95.7 Å². The van der Waals surface area contributed by atoms with Crippen molar-refractivity contribution in [1.82, 2.24) is 5.43 Å². The van der Waals surface area contributed by atoms with Crippen molar-refractivity contribution in [3.63, 3.8) is 0 Å². The van der Waals surface area contributed by atoms with Crippen LogP contribution >= 0.6 is 0 Å². The number of fused-ring (bicyclic) bond motifs is 3. The van der Waals surface area contributed by atoms with E-state index < -0.39 is 5.92 Å². The molecule has 0 aliphatic carbocycles. The number of hydrogen-bond acceptors (Lipinski definition) is 4. The normalized spacial score (nSPS) is 13.5. The first-order valence-corrected chi connectivity index (χ1v) is 9.39. The smallest absolute Gasteiger partial charge is 0.252 e. The summed E-state index contributed by atoms with van der Waals surface area (Å²) in [6.45, 7) is 1.81.